The lowest BCUT2D eigenvalue weighted by atomic mass is 9.98. The van der Waals surface area contributed by atoms with E-state index in [4.69, 9.17) is 5.73 Å². The van der Waals surface area contributed by atoms with Crippen LogP contribution < -0.4 is 16.4 Å². The van der Waals surface area contributed by atoms with Crippen molar-refractivity contribution in [3.63, 3.8) is 0 Å². The molecule has 0 saturated heterocycles. The maximum atomic E-state index is 12.4. The normalized spacial score (nSPS) is 13.6. The van der Waals surface area contributed by atoms with Crippen LogP contribution in [0.3, 0.4) is 0 Å². The Kier molecular flexibility index (Phi) is 4.97. The van der Waals surface area contributed by atoms with Crippen LogP contribution in [0.25, 0.3) is 10.2 Å². The number of hydrogen-bond acceptors (Lipinski definition) is 4. The largest absolute Gasteiger partial charge is 0.352 e. The van der Waals surface area contributed by atoms with Gasteiger partial charge in [-0.3, -0.25) is 4.79 Å². The number of anilines is 1. The maximum Gasteiger partial charge on any atom is 0.312 e. The van der Waals surface area contributed by atoms with Gasteiger partial charge in [0, 0.05) is 5.69 Å². The van der Waals surface area contributed by atoms with Crippen LogP contribution in [0.5, 0.6) is 0 Å². The molecule has 6 nitrogen and oxygen atoms in total. The molecule has 2 atom stereocenters. The molecule has 3 amide bonds. The van der Waals surface area contributed by atoms with Crippen molar-refractivity contribution in [3.8, 4) is 0 Å². The fraction of sp³-hybridized carbons (Fsp3) is 0.400. The first-order valence-corrected chi connectivity index (χ1v) is 7.96. The third-order valence-corrected chi connectivity index (χ3v) is 4.49. The van der Waals surface area contributed by atoms with E-state index in [9.17, 15) is 9.59 Å². The number of nitrogens with zero attached hydrogens (tertiary/aromatic N) is 1. The zero-order chi connectivity index (χ0) is 16.3. The van der Waals surface area contributed by atoms with Crippen LogP contribution in [0, 0.1) is 12.8 Å². The molecule has 7 heteroatoms. The van der Waals surface area contributed by atoms with E-state index in [2.05, 4.69) is 15.6 Å². The Labute approximate surface area is 133 Å². The summed E-state index contributed by atoms with van der Waals surface area (Å²) in [6, 6.07) is 4.21. The van der Waals surface area contributed by atoms with E-state index in [1.54, 1.807) is 17.4 Å². The number of hydrogen-bond donors (Lipinski definition) is 3. The van der Waals surface area contributed by atoms with Crippen molar-refractivity contribution in [2.24, 2.45) is 11.7 Å². The molecule has 0 radical (unpaired) electrons. The summed E-state index contributed by atoms with van der Waals surface area (Å²) in [7, 11) is 0. The lowest BCUT2D eigenvalue weighted by Gasteiger charge is -2.22. The number of primary amides is 1. The van der Waals surface area contributed by atoms with Crippen molar-refractivity contribution in [1.82, 2.24) is 10.3 Å². The van der Waals surface area contributed by atoms with E-state index >= 15 is 0 Å². The van der Waals surface area contributed by atoms with Crippen LogP contribution in [-0.4, -0.2) is 23.0 Å². The van der Waals surface area contributed by atoms with Gasteiger partial charge >= 0.3 is 6.03 Å². The molecule has 0 aliphatic carbocycles. The number of carbonyl (C=O) groups is 2. The summed E-state index contributed by atoms with van der Waals surface area (Å²) in [4.78, 5) is 27.9. The Morgan fingerprint density at radius 3 is 2.77 bits per heavy atom. The second kappa shape index (κ2) is 6.74. The topological polar surface area (TPSA) is 97.1 Å². The van der Waals surface area contributed by atoms with Gasteiger partial charge in [-0.1, -0.05) is 20.3 Å². The highest BCUT2D eigenvalue weighted by molar-refractivity contribution is 7.18. The Hall–Kier alpha value is -2.15. The molecule has 1 aromatic heterocycles. The maximum absolute atomic E-state index is 12.4. The highest BCUT2D eigenvalue weighted by atomic mass is 32.1. The first-order chi connectivity index (χ1) is 10.4. The standard InChI is InChI=1S/C15H20N4O2S/c1-4-8(2)13(19-15(16)21)14(20)18-10-5-6-11-12(7-10)22-9(3)17-11/h5-8,13H,4H2,1-3H3,(H,18,20)(H3,16,19,21). The molecule has 0 fully saturated rings. The van der Waals surface area contributed by atoms with Gasteiger partial charge < -0.3 is 16.4 Å². The van der Waals surface area contributed by atoms with Crippen molar-refractivity contribution in [1.29, 1.82) is 0 Å². The summed E-state index contributed by atoms with van der Waals surface area (Å²) in [5.74, 6) is -0.282. The monoisotopic (exact) mass is 320 g/mol. The average Bonchev–Trinajstić information content (AvgIpc) is 2.83. The lowest BCUT2D eigenvalue weighted by molar-refractivity contribution is -0.119. The molecular weight excluding hydrogens is 300 g/mol. The van der Waals surface area contributed by atoms with Gasteiger partial charge in [0.15, 0.2) is 0 Å². The van der Waals surface area contributed by atoms with E-state index in [-0.39, 0.29) is 11.8 Å². The molecule has 2 aromatic rings. The number of aromatic nitrogens is 1. The van der Waals surface area contributed by atoms with Gasteiger partial charge in [-0.2, -0.15) is 0 Å². The molecular formula is C15H20N4O2S. The average molecular weight is 320 g/mol. The third kappa shape index (κ3) is 3.73. The SMILES string of the molecule is CCC(C)C(NC(N)=O)C(=O)Nc1ccc2nc(C)sc2c1. The first kappa shape index (κ1) is 16.2. The Balaban J connectivity index is 2.17. The molecule has 22 heavy (non-hydrogen) atoms. The molecule has 4 N–H and O–H groups in total. The summed E-state index contributed by atoms with van der Waals surface area (Å²) >= 11 is 1.57. The van der Waals surface area contributed by atoms with Gasteiger partial charge in [0.25, 0.3) is 0 Å². The van der Waals surface area contributed by atoms with Gasteiger partial charge in [0.05, 0.1) is 15.2 Å². The molecule has 118 valence electrons. The molecule has 0 spiro atoms. The molecule has 0 aliphatic heterocycles. The van der Waals surface area contributed by atoms with Crippen LogP contribution in [-0.2, 0) is 4.79 Å². The Morgan fingerprint density at radius 1 is 1.41 bits per heavy atom. The molecule has 1 aromatic carbocycles. The van der Waals surface area contributed by atoms with Crippen molar-refractivity contribution in [2.45, 2.75) is 33.2 Å². The van der Waals surface area contributed by atoms with E-state index < -0.39 is 12.1 Å². The Morgan fingerprint density at radius 2 is 2.14 bits per heavy atom. The van der Waals surface area contributed by atoms with Gasteiger partial charge in [-0.25, -0.2) is 9.78 Å². The van der Waals surface area contributed by atoms with Crippen LogP contribution >= 0.6 is 11.3 Å². The fourth-order valence-electron chi connectivity index (χ4n) is 2.19. The fourth-order valence-corrected chi connectivity index (χ4v) is 3.06. The first-order valence-electron chi connectivity index (χ1n) is 7.14. The molecule has 1 heterocycles. The number of amides is 3. The summed E-state index contributed by atoms with van der Waals surface area (Å²) in [6.07, 6.45) is 0.755. The van der Waals surface area contributed by atoms with Crippen LogP contribution in [0.4, 0.5) is 10.5 Å². The van der Waals surface area contributed by atoms with E-state index in [1.807, 2.05) is 32.9 Å². The summed E-state index contributed by atoms with van der Waals surface area (Å²) in [5, 5.41) is 6.32. The minimum absolute atomic E-state index is 0.0121. The highest BCUT2D eigenvalue weighted by Gasteiger charge is 2.25. The zero-order valence-electron chi connectivity index (χ0n) is 12.8. The second-order valence-corrected chi connectivity index (χ2v) is 6.51. The number of nitrogens with two attached hydrogens (primary N) is 1. The van der Waals surface area contributed by atoms with Crippen LogP contribution in [0.1, 0.15) is 25.3 Å². The van der Waals surface area contributed by atoms with Crippen molar-refractivity contribution in [3.05, 3.63) is 23.2 Å². The smallest absolute Gasteiger partial charge is 0.312 e. The predicted molar refractivity (Wildman–Crippen MR) is 88.9 cm³/mol. The number of aryl methyl sites for hydroxylation is 1. The van der Waals surface area contributed by atoms with E-state index in [0.29, 0.717) is 5.69 Å². The number of carbonyl (C=O) groups excluding carboxylic acids is 2. The molecule has 0 aliphatic rings. The van der Waals surface area contributed by atoms with Gasteiger partial charge in [-0.05, 0) is 31.0 Å². The molecule has 2 unspecified atom stereocenters. The summed E-state index contributed by atoms with van der Waals surface area (Å²) in [5.41, 5.74) is 6.75. The van der Waals surface area contributed by atoms with Crippen molar-refractivity contribution in [2.75, 3.05) is 5.32 Å². The summed E-state index contributed by atoms with van der Waals surface area (Å²) < 4.78 is 1.01. The number of urea groups is 1. The Bertz CT molecular complexity index is 698. The van der Waals surface area contributed by atoms with Gasteiger partial charge in [0.1, 0.15) is 6.04 Å². The minimum Gasteiger partial charge on any atom is -0.352 e. The minimum atomic E-state index is -0.700. The summed E-state index contributed by atoms with van der Waals surface area (Å²) in [6.45, 7) is 5.80. The number of nitrogens with one attached hydrogen (secondary N) is 2. The molecule has 2 rings (SSSR count). The van der Waals surface area contributed by atoms with E-state index in [0.717, 1.165) is 21.6 Å². The van der Waals surface area contributed by atoms with Crippen LogP contribution in [0.15, 0.2) is 18.2 Å². The predicted octanol–water partition coefficient (Wildman–Crippen LogP) is 2.63. The van der Waals surface area contributed by atoms with Crippen molar-refractivity contribution >= 4 is 39.2 Å². The molecule has 0 bridgehead atoms. The highest BCUT2D eigenvalue weighted by Crippen LogP contribution is 2.25. The van der Waals surface area contributed by atoms with E-state index in [1.165, 1.54) is 0 Å². The van der Waals surface area contributed by atoms with Crippen molar-refractivity contribution < 1.29 is 9.59 Å². The lowest BCUT2D eigenvalue weighted by Crippen LogP contribution is -2.49. The molecule has 0 saturated carbocycles. The van der Waals surface area contributed by atoms with Crippen LogP contribution in [0.2, 0.25) is 0 Å². The van der Waals surface area contributed by atoms with Gasteiger partial charge in [0.2, 0.25) is 5.91 Å². The number of benzene rings is 1. The third-order valence-electron chi connectivity index (χ3n) is 3.56. The number of fused-ring (bicyclic) bond motifs is 1. The zero-order valence-corrected chi connectivity index (χ0v) is 13.7. The second-order valence-electron chi connectivity index (χ2n) is 5.28. The number of thiazole rings is 1. The van der Waals surface area contributed by atoms with Gasteiger partial charge in [-0.15, -0.1) is 11.3 Å². The number of rotatable bonds is 5. The quantitative estimate of drug-likeness (QED) is 0.790.